The largest absolute Gasteiger partial charge is 0.483 e. The highest BCUT2D eigenvalue weighted by Gasteiger charge is 2.15. The van der Waals surface area contributed by atoms with Gasteiger partial charge >= 0.3 is 0 Å². The number of ether oxygens (including phenoxy) is 1. The van der Waals surface area contributed by atoms with Crippen molar-refractivity contribution in [2.75, 3.05) is 0 Å². The maximum atomic E-state index is 5.87. The second-order valence-corrected chi connectivity index (χ2v) is 7.34. The molecule has 0 aliphatic carbocycles. The van der Waals surface area contributed by atoms with Crippen LogP contribution in [0.25, 0.3) is 11.5 Å². The number of nitrogens with zero attached hydrogens (tertiary/aromatic N) is 2. The average molecular weight is 336 g/mol. The van der Waals surface area contributed by atoms with Crippen LogP contribution in [0.2, 0.25) is 0 Å². The Morgan fingerprint density at radius 1 is 0.920 bits per heavy atom. The quantitative estimate of drug-likeness (QED) is 0.654. The van der Waals surface area contributed by atoms with Gasteiger partial charge in [-0.15, -0.1) is 10.2 Å². The van der Waals surface area contributed by atoms with Gasteiger partial charge in [0.05, 0.1) is 0 Å². The van der Waals surface area contributed by atoms with E-state index in [9.17, 15) is 0 Å². The van der Waals surface area contributed by atoms with Crippen molar-refractivity contribution >= 4 is 0 Å². The van der Waals surface area contributed by atoms with E-state index < -0.39 is 0 Å². The fourth-order valence-electron chi connectivity index (χ4n) is 2.70. The molecule has 0 radical (unpaired) electrons. The number of para-hydroxylation sites is 1. The molecule has 0 saturated carbocycles. The van der Waals surface area contributed by atoms with Crippen LogP contribution < -0.4 is 4.74 Å². The van der Waals surface area contributed by atoms with E-state index in [1.165, 1.54) is 5.56 Å². The van der Waals surface area contributed by atoms with E-state index in [-0.39, 0.29) is 12.0 Å². The number of benzene rings is 2. The van der Waals surface area contributed by atoms with Gasteiger partial charge in [0.2, 0.25) is 5.89 Å². The third-order valence-corrected chi connectivity index (χ3v) is 4.21. The van der Waals surface area contributed by atoms with Gasteiger partial charge in [0, 0.05) is 5.56 Å². The molecule has 0 aliphatic heterocycles. The van der Waals surface area contributed by atoms with Gasteiger partial charge in [-0.2, -0.15) is 0 Å². The summed E-state index contributed by atoms with van der Waals surface area (Å²) < 4.78 is 11.6. The number of aromatic nitrogens is 2. The van der Waals surface area contributed by atoms with Crippen molar-refractivity contribution < 1.29 is 9.15 Å². The zero-order valence-electron chi connectivity index (χ0n) is 15.5. The van der Waals surface area contributed by atoms with Crippen molar-refractivity contribution in [2.24, 2.45) is 0 Å². The summed E-state index contributed by atoms with van der Waals surface area (Å²) in [5, 5.41) is 8.24. The highest BCUT2D eigenvalue weighted by molar-refractivity contribution is 5.53. The van der Waals surface area contributed by atoms with Crippen LogP contribution in [-0.4, -0.2) is 10.2 Å². The zero-order chi connectivity index (χ0) is 18.0. The molecule has 0 amide bonds. The number of hydrogen-bond donors (Lipinski definition) is 0. The molecular formula is C21H24N2O2. The van der Waals surface area contributed by atoms with Gasteiger partial charge in [0.15, 0.2) is 6.61 Å². The third kappa shape index (κ3) is 3.90. The highest BCUT2D eigenvalue weighted by atomic mass is 16.5. The second kappa shape index (κ2) is 6.71. The molecule has 3 aromatic rings. The Labute approximate surface area is 148 Å². The van der Waals surface area contributed by atoms with E-state index in [0.717, 1.165) is 22.4 Å². The summed E-state index contributed by atoms with van der Waals surface area (Å²) in [6.45, 7) is 10.9. The number of aryl methyl sites for hydroxylation is 2. The molecule has 25 heavy (non-hydrogen) atoms. The van der Waals surface area contributed by atoms with Gasteiger partial charge in [0.25, 0.3) is 5.89 Å². The Morgan fingerprint density at radius 2 is 1.56 bits per heavy atom. The summed E-state index contributed by atoms with van der Waals surface area (Å²) in [6, 6.07) is 14.3. The molecule has 0 atom stereocenters. The van der Waals surface area contributed by atoms with Gasteiger partial charge in [-0.25, -0.2) is 0 Å². The molecule has 0 N–H and O–H groups in total. The zero-order valence-corrected chi connectivity index (χ0v) is 15.5. The second-order valence-electron chi connectivity index (χ2n) is 7.34. The fourth-order valence-corrected chi connectivity index (χ4v) is 2.70. The van der Waals surface area contributed by atoms with Crippen LogP contribution in [0.1, 0.15) is 43.4 Å². The number of hydrogen-bond acceptors (Lipinski definition) is 4. The van der Waals surface area contributed by atoms with Gasteiger partial charge in [-0.1, -0.05) is 51.1 Å². The Kier molecular flexibility index (Phi) is 4.62. The lowest BCUT2D eigenvalue weighted by atomic mass is 9.87. The van der Waals surface area contributed by atoms with Crippen molar-refractivity contribution in [3.05, 3.63) is 65.0 Å². The highest BCUT2D eigenvalue weighted by Crippen LogP contribution is 2.26. The molecule has 4 nitrogen and oxygen atoms in total. The molecule has 4 heteroatoms. The lowest BCUT2D eigenvalue weighted by Gasteiger charge is -2.18. The fraction of sp³-hybridized carbons (Fsp3) is 0.333. The van der Waals surface area contributed by atoms with Crippen molar-refractivity contribution in [1.82, 2.24) is 10.2 Å². The van der Waals surface area contributed by atoms with Crippen LogP contribution in [0.3, 0.4) is 0 Å². The van der Waals surface area contributed by atoms with Crippen molar-refractivity contribution in [2.45, 2.75) is 46.6 Å². The lowest BCUT2D eigenvalue weighted by Crippen LogP contribution is -2.10. The minimum Gasteiger partial charge on any atom is -0.483 e. The SMILES string of the molecule is Cc1cccc(C)c1OCc1nnc(-c2ccc(C(C)(C)C)cc2)o1. The van der Waals surface area contributed by atoms with E-state index in [1.807, 2.05) is 44.2 Å². The normalized spacial score (nSPS) is 11.6. The van der Waals surface area contributed by atoms with Crippen molar-refractivity contribution in [1.29, 1.82) is 0 Å². The van der Waals surface area contributed by atoms with Crippen LogP contribution >= 0.6 is 0 Å². The van der Waals surface area contributed by atoms with E-state index in [1.54, 1.807) is 0 Å². The van der Waals surface area contributed by atoms with E-state index in [0.29, 0.717) is 11.8 Å². The molecule has 0 aliphatic rings. The van der Waals surface area contributed by atoms with Crippen molar-refractivity contribution in [3.63, 3.8) is 0 Å². The summed E-state index contributed by atoms with van der Waals surface area (Å²) in [5.41, 5.74) is 4.50. The minimum atomic E-state index is 0.123. The topological polar surface area (TPSA) is 48.2 Å². The maximum absolute atomic E-state index is 5.87. The molecule has 0 fully saturated rings. The monoisotopic (exact) mass is 336 g/mol. The molecule has 3 rings (SSSR count). The summed E-state index contributed by atoms with van der Waals surface area (Å²) in [7, 11) is 0. The van der Waals surface area contributed by atoms with Gasteiger partial charge in [0.1, 0.15) is 5.75 Å². The molecule has 2 aromatic carbocycles. The minimum absolute atomic E-state index is 0.123. The number of rotatable bonds is 4. The maximum Gasteiger partial charge on any atom is 0.254 e. The Morgan fingerprint density at radius 3 is 2.16 bits per heavy atom. The molecular weight excluding hydrogens is 312 g/mol. The Balaban J connectivity index is 1.72. The first-order valence-electron chi connectivity index (χ1n) is 8.47. The van der Waals surface area contributed by atoms with Crippen LogP contribution in [0.4, 0.5) is 0 Å². The molecule has 0 bridgehead atoms. The van der Waals surface area contributed by atoms with E-state index in [2.05, 4.69) is 43.1 Å². The lowest BCUT2D eigenvalue weighted by molar-refractivity contribution is 0.261. The van der Waals surface area contributed by atoms with Crippen LogP contribution in [-0.2, 0) is 12.0 Å². The van der Waals surface area contributed by atoms with Gasteiger partial charge < -0.3 is 9.15 Å². The van der Waals surface area contributed by atoms with Crippen LogP contribution in [0.5, 0.6) is 5.75 Å². The van der Waals surface area contributed by atoms with Gasteiger partial charge in [-0.05, 0) is 48.1 Å². The first-order valence-corrected chi connectivity index (χ1v) is 8.47. The molecule has 1 aromatic heterocycles. The van der Waals surface area contributed by atoms with Crippen LogP contribution in [0.15, 0.2) is 46.9 Å². The average Bonchev–Trinajstić information content (AvgIpc) is 3.03. The summed E-state index contributed by atoms with van der Waals surface area (Å²) in [6.07, 6.45) is 0. The first-order chi connectivity index (χ1) is 11.8. The molecule has 0 unspecified atom stereocenters. The smallest absolute Gasteiger partial charge is 0.254 e. The Hall–Kier alpha value is -2.62. The molecule has 1 heterocycles. The predicted molar refractivity (Wildman–Crippen MR) is 98.7 cm³/mol. The predicted octanol–water partition coefficient (Wildman–Crippen LogP) is 5.23. The van der Waals surface area contributed by atoms with Crippen LogP contribution in [0, 0.1) is 13.8 Å². The van der Waals surface area contributed by atoms with E-state index in [4.69, 9.17) is 9.15 Å². The summed E-state index contributed by atoms with van der Waals surface area (Å²) in [4.78, 5) is 0. The van der Waals surface area contributed by atoms with Gasteiger partial charge in [-0.3, -0.25) is 0 Å². The molecule has 0 saturated heterocycles. The summed E-state index contributed by atoms with van der Waals surface area (Å²) >= 11 is 0. The first kappa shape index (κ1) is 17.2. The van der Waals surface area contributed by atoms with Crippen molar-refractivity contribution in [3.8, 4) is 17.2 Å². The standard InChI is InChI=1S/C21H24N2O2/c1-14-7-6-8-15(2)19(14)24-13-18-22-23-20(25-18)16-9-11-17(12-10-16)21(3,4)5/h6-12H,13H2,1-5H3. The summed E-state index contributed by atoms with van der Waals surface area (Å²) in [5.74, 6) is 1.86. The third-order valence-electron chi connectivity index (χ3n) is 4.21. The molecule has 0 spiro atoms. The Bertz CT molecular complexity index is 838. The molecule has 130 valence electrons. The van der Waals surface area contributed by atoms with E-state index >= 15 is 0 Å².